The molecule has 2 nitrogen and oxygen atoms in total. The molecule has 2 bridgehead atoms. The third-order valence-electron chi connectivity index (χ3n) is 4.63. The molecule has 12 heavy (non-hydrogen) atoms. The Bertz CT molecular complexity index is 244. The molecule has 0 heterocycles. The van der Waals surface area contributed by atoms with Gasteiger partial charge in [0.15, 0.2) is 0 Å². The highest BCUT2D eigenvalue weighted by Gasteiger charge is 2.60. The summed E-state index contributed by atoms with van der Waals surface area (Å²) in [5.41, 5.74) is 1.55. The molecule has 0 unspecified atom stereocenters. The van der Waals surface area contributed by atoms with E-state index in [1.54, 1.807) is 0 Å². The van der Waals surface area contributed by atoms with Crippen molar-refractivity contribution in [2.24, 2.45) is 21.9 Å². The summed E-state index contributed by atoms with van der Waals surface area (Å²) in [5, 5.41) is 12.3. The molecule has 0 saturated heterocycles. The highest BCUT2D eigenvalue weighted by atomic mass is 16.4. The monoisotopic (exact) mass is 167 g/mol. The maximum absolute atomic E-state index is 8.87. The normalized spacial score (nSPS) is 47.2. The van der Waals surface area contributed by atoms with Crippen LogP contribution in [0.1, 0.15) is 40.0 Å². The number of rotatable bonds is 0. The van der Waals surface area contributed by atoms with Gasteiger partial charge in [-0.3, -0.25) is 0 Å². The molecule has 0 aromatic heterocycles. The maximum atomic E-state index is 8.87. The van der Waals surface area contributed by atoms with Crippen molar-refractivity contribution in [1.82, 2.24) is 0 Å². The predicted octanol–water partition coefficient (Wildman–Crippen LogP) is 2.66. The van der Waals surface area contributed by atoms with E-state index < -0.39 is 0 Å². The Kier molecular flexibility index (Phi) is 1.37. The van der Waals surface area contributed by atoms with E-state index in [1.807, 2.05) is 0 Å². The van der Waals surface area contributed by atoms with Crippen molar-refractivity contribution in [2.75, 3.05) is 0 Å². The van der Waals surface area contributed by atoms with Crippen molar-refractivity contribution in [2.45, 2.75) is 40.0 Å². The number of hydrogen-bond donors (Lipinski definition) is 1. The van der Waals surface area contributed by atoms with Gasteiger partial charge < -0.3 is 5.21 Å². The first-order valence-electron chi connectivity index (χ1n) is 4.74. The van der Waals surface area contributed by atoms with Crippen molar-refractivity contribution in [3.8, 4) is 0 Å². The van der Waals surface area contributed by atoms with Gasteiger partial charge in [-0.05, 0) is 30.6 Å². The van der Waals surface area contributed by atoms with E-state index in [9.17, 15) is 0 Å². The molecule has 2 aliphatic rings. The van der Waals surface area contributed by atoms with Gasteiger partial charge in [0, 0.05) is 5.41 Å². The van der Waals surface area contributed by atoms with Crippen LogP contribution in [0.25, 0.3) is 0 Å². The van der Waals surface area contributed by atoms with Gasteiger partial charge in [-0.15, -0.1) is 0 Å². The lowest BCUT2D eigenvalue weighted by atomic mass is 9.70. The van der Waals surface area contributed by atoms with Gasteiger partial charge in [0.25, 0.3) is 0 Å². The third kappa shape index (κ3) is 0.644. The molecule has 68 valence electrons. The van der Waals surface area contributed by atoms with Crippen LogP contribution in [0.3, 0.4) is 0 Å². The Morgan fingerprint density at radius 2 is 2.08 bits per heavy atom. The van der Waals surface area contributed by atoms with Crippen molar-refractivity contribution in [3.05, 3.63) is 0 Å². The fourth-order valence-corrected chi connectivity index (χ4v) is 3.08. The first kappa shape index (κ1) is 8.09. The van der Waals surface area contributed by atoms with Crippen LogP contribution in [0.2, 0.25) is 0 Å². The molecule has 2 atom stereocenters. The Balaban J connectivity index is 2.46. The van der Waals surface area contributed by atoms with E-state index in [0.717, 1.165) is 18.1 Å². The highest BCUT2D eigenvalue weighted by Crippen LogP contribution is 2.63. The van der Waals surface area contributed by atoms with E-state index in [1.165, 1.54) is 12.8 Å². The topological polar surface area (TPSA) is 32.6 Å². The largest absolute Gasteiger partial charge is 0.411 e. The Hall–Kier alpha value is -0.530. The molecule has 0 aromatic carbocycles. The summed E-state index contributed by atoms with van der Waals surface area (Å²) in [6.07, 6.45) is 3.52. The molecule has 2 rings (SSSR count). The smallest absolute Gasteiger partial charge is 0.0638 e. The number of nitrogens with zero attached hydrogens (tertiary/aromatic N) is 1. The second-order valence-corrected chi connectivity index (χ2v) is 5.04. The summed E-state index contributed by atoms with van der Waals surface area (Å²) < 4.78 is 0. The van der Waals surface area contributed by atoms with Crippen LogP contribution in [0.4, 0.5) is 0 Å². The van der Waals surface area contributed by atoms with Gasteiger partial charge in [-0.2, -0.15) is 0 Å². The van der Waals surface area contributed by atoms with Crippen molar-refractivity contribution in [1.29, 1.82) is 0 Å². The SMILES string of the molecule is CC1(C)[C@@H]2CC[C@@]1(C)/C(=N\O)C2. The summed E-state index contributed by atoms with van der Waals surface area (Å²) in [7, 11) is 0. The fraction of sp³-hybridized carbons (Fsp3) is 0.900. The molecule has 0 aromatic rings. The first-order valence-corrected chi connectivity index (χ1v) is 4.74. The van der Waals surface area contributed by atoms with Crippen LogP contribution in [-0.4, -0.2) is 10.9 Å². The minimum Gasteiger partial charge on any atom is -0.411 e. The second kappa shape index (κ2) is 2.04. The summed E-state index contributed by atoms with van der Waals surface area (Å²) in [5.74, 6) is 0.744. The zero-order valence-electron chi connectivity index (χ0n) is 8.09. The molecule has 2 heteroatoms. The molecule has 1 N–H and O–H groups in total. The lowest BCUT2D eigenvalue weighted by Gasteiger charge is -2.33. The maximum Gasteiger partial charge on any atom is 0.0638 e. The molecule has 0 radical (unpaired) electrons. The van der Waals surface area contributed by atoms with Crippen LogP contribution >= 0.6 is 0 Å². The van der Waals surface area contributed by atoms with Gasteiger partial charge in [-0.1, -0.05) is 25.9 Å². The lowest BCUT2D eigenvalue weighted by molar-refractivity contribution is 0.190. The number of hydrogen-bond acceptors (Lipinski definition) is 2. The molecule has 2 aliphatic carbocycles. The van der Waals surface area contributed by atoms with E-state index in [0.29, 0.717) is 5.41 Å². The average Bonchev–Trinajstić information content (AvgIpc) is 2.34. The lowest BCUT2D eigenvalue weighted by Crippen LogP contribution is -2.32. The molecule has 2 saturated carbocycles. The molecule has 2 fully saturated rings. The van der Waals surface area contributed by atoms with Crippen LogP contribution < -0.4 is 0 Å². The van der Waals surface area contributed by atoms with E-state index in [-0.39, 0.29) is 5.41 Å². The van der Waals surface area contributed by atoms with E-state index >= 15 is 0 Å². The Labute approximate surface area is 73.7 Å². The van der Waals surface area contributed by atoms with Crippen LogP contribution in [0.15, 0.2) is 5.16 Å². The Morgan fingerprint density at radius 3 is 2.33 bits per heavy atom. The summed E-state index contributed by atoms with van der Waals surface area (Å²) in [6, 6.07) is 0. The minimum absolute atomic E-state index is 0.173. The van der Waals surface area contributed by atoms with Gasteiger partial charge in [0.05, 0.1) is 5.71 Å². The van der Waals surface area contributed by atoms with Crippen LogP contribution in [0.5, 0.6) is 0 Å². The summed E-state index contributed by atoms with van der Waals surface area (Å²) in [4.78, 5) is 0. The third-order valence-corrected chi connectivity index (χ3v) is 4.63. The van der Waals surface area contributed by atoms with Crippen molar-refractivity contribution in [3.63, 3.8) is 0 Å². The van der Waals surface area contributed by atoms with Crippen molar-refractivity contribution < 1.29 is 5.21 Å². The first-order chi connectivity index (χ1) is 5.52. The zero-order chi connectivity index (χ0) is 8.98. The van der Waals surface area contributed by atoms with Gasteiger partial charge >= 0.3 is 0 Å². The summed E-state index contributed by atoms with van der Waals surface area (Å²) in [6.45, 7) is 6.86. The fourth-order valence-electron chi connectivity index (χ4n) is 3.08. The highest BCUT2D eigenvalue weighted by molar-refractivity contribution is 5.93. The van der Waals surface area contributed by atoms with Crippen LogP contribution in [0, 0.1) is 16.7 Å². The average molecular weight is 167 g/mol. The standard InChI is InChI=1S/C10H17NO/c1-9(2)7-4-5-10(9,3)8(6-7)11-12/h7,12H,4-6H2,1-3H3/b11-8-/t7-,10+/m1/s1. The quantitative estimate of drug-likeness (QED) is 0.436. The molecule has 0 spiro atoms. The van der Waals surface area contributed by atoms with Gasteiger partial charge in [-0.25, -0.2) is 0 Å². The van der Waals surface area contributed by atoms with Gasteiger partial charge in [0.1, 0.15) is 0 Å². The second-order valence-electron chi connectivity index (χ2n) is 5.04. The molecule has 0 aliphatic heterocycles. The van der Waals surface area contributed by atoms with E-state index in [4.69, 9.17) is 5.21 Å². The zero-order valence-corrected chi connectivity index (χ0v) is 8.09. The van der Waals surface area contributed by atoms with Gasteiger partial charge in [0.2, 0.25) is 0 Å². The minimum atomic E-state index is 0.173. The number of fused-ring (bicyclic) bond motifs is 2. The predicted molar refractivity (Wildman–Crippen MR) is 48.5 cm³/mol. The van der Waals surface area contributed by atoms with Crippen molar-refractivity contribution >= 4 is 5.71 Å². The molecular weight excluding hydrogens is 150 g/mol. The van der Waals surface area contributed by atoms with E-state index in [2.05, 4.69) is 25.9 Å². The van der Waals surface area contributed by atoms with Crippen LogP contribution in [-0.2, 0) is 0 Å². The number of oxime groups is 1. The molecular formula is C10H17NO. The molecule has 0 amide bonds. The summed E-state index contributed by atoms with van der Waals surface area (Å²) >= 11 is 0. The Morgan fingerprint density at radius 1 is 1.42 bits per heavy atom.